The molecule has 0 unspecified atom stereocenters. The molecular formula is C11H17NO6. The van der Waals surface area contributed by atoms with Crippen molar-refractivity contribution in [1.29, 1.82) is 0 Å². The van der Waals surface area contributed by atoms with E-state index in [0.29, 0.717) is 6.42 Å². The molecule has 0 aliphatic carbocycles. The number of hydrogen-bond donors (Lipinski definition) is 1. The number of carboxylic acids is 1. The van der Waals surface area contributed by atoms with Crippen LogP contribution in [-0.2, 0) is 14.3 Å². The molecule has 7 nitrogen and oxygen atoms in total. The fourth-order valence-corrected chi connectivity index (χ4v) is 1.53. The summed E-state index contributed by atoms with van der Waals surface area (Å²) in [6, 6.07) is 0. The number of nitrogens with zero attached hydrogens (tertiary/aromatic N) is 1. The van der Waals surface area contributed by atoms with E-state index in [1.807, 2.05) is 0 Å². The van der Waals surface area contributed by atoms with Crippen molar-refractivity contribution in [2.24, 2.45) is 5.92 Å². The Balaban J connectivity index is 2.43. The van der Waals surface area contributed by atoms with Gasteiger partial charge in [0.05, 0.1) is 5.92 Å². The van der Waals surface area contributed by atoms with E-state index in [1.165, 1.54) is 4.90 Å². The Kier molecular flexibility index (Phi) is 4.15. The average molecular weight is 259 g/mol. The zero-order chi connectivity index (χ0) is 13.9. The molecule has 0 aromatic carbocycles. The van der Waals surface area contributed by atoms with E-state index in [9.17, 15) is 14.4 Å². The first kappa shape index (κ1) is 14.3. The van der Waals surface area contributed by atoms with E-state index in [1.54, 1.807) is 20.8 Å². The third kappa shape index (κ3) is 4.23. The zero-order valence-corrected chi connectivity index (χ0v) is 10.6. The van der Waals surface area contributed by atoms with Crippen molar-refractivity contribution in [2.75, 3.05) is 13.1 Å². The number of likely N-dealkylation sites (tertiary alicyclic amines) is 1. The van der Waals surface area contributed by atoms with Crippen LogP contribution in [0.4, 0.5) is 9.59 Å². The lowest BCUT2D eigenvalue weighted by molar-refractivity contribution is -0.141. The number of aliphatic carboxylic acids is 1. The molecular weight excluding hydrogens is 242 g/mol. The molecule has 1 aliphatic rings. The van der Waals surface area contributed by atoms with Gasteiger partial charge in [0.1, 0.15) is 5.60 Å². The highest BCUT2D eigenvalue weighted by Gasteiger charge is 2.33. The fraction of sp³-hybridized carbons (Fsp3) is 0.727. The molecule has 1 aliphatic heterocycles. The van der Waals surface area contributed by atoms with E-state index in [-0.39, 0.29) is 13.1 Å². The summed E-state index contributed by atoms with van der Waals surface area (Å²) in [4.78, 5) is 34.6. The Hall–Kier alpha value is -1.79. The Morgan fingerprint density at radius 1 is 1.28 bits per heavy atom. The predicted octanol–water partition coefficient (Wildman–Crippen LogP) is 1.46. The molecule has 1 atom stereocenters. The van der Waals surface area contributed by atoms with E-state index in [4.69, 9.17) is 9.84 Å². The highest BCUT2D eigenvalue weighted by atomic mass is 16.8. The lowest BCUT2D eigenvalue weighted by Gasteiger charge is -2.20. The Bertz CT molecular complexity index is 359. The molecule has 1 rings (SSSR count). The van der Waals surface area contributed by atoms with E-state index < -0.39 is 29.7 Å². The molecule has 7 heteroatoms. The largest absolute Gasteiger partial charge is 0.517 e. The average Bonchev–Trinajstić information content (AvgIpc) is 2.62. The number of hydrogen-bond acceptors (Lipinski definition) is 5. The molecule has 1 N–H and O–H groups in total. The van der Waals surface area contributed by atoms with Crippen molar-refractivity contribution >= 4 is 18.2 Å². The van der Waals surface area contributed by atoms with Crippen LogP contribution < -0.4 is 0 Å². The third-order valence-corrected chi connectivity index (χ3v) is 2.36. The highest BCUT2D eigenvalue weighted by molar-refractivity contribution is 5.82. The van der Waals surface area contributed by atoms with Gasteiger partial charge in [0.2, 0.25) is 0 Å². The minimum atomic E-state index is -1.08. The summed E-state index contributed by atoms with van der Waals surface area (Å²) < 4.78 is 9.29. The molecule has 0 aromatic heterocycles. The van der Waals surface area contributed by atoms with Gasteiger partial charge < -0.3 is 19.5 Å². The Morgan fingerprint density at radius 3 is 2.33 bits per heavy atom. The molecule has 1 amide bonds. The summed E-state index contributed by atoms with van der Waals surface area (Å²) in [6.45, 7) is 5.26. The molecule has 1 fully saturated rings. The molecule has 0 radical (unpaired) electrons. The van der Waals surface area contributed by atoms with Gasteiger partial charge in [0.25, 0.3) is 0 Å². The van der Waals surface area contributed by atoms with Gasteiger partial charge in [-0.05, 0) is 27.2 Å². The van der Waals surface area contributed by atoms with Gasteiger partial charge in [-0.3, -0.25) is 4.79 Å². The van der Waals surface area contributed by atoms with Crippen molar-refractivity contribution in [3.63, 3.8) is 0 Å². The first-order valence-electron chi connectivity index (χ1n) is 5.61. The quantitative estimate of drug-likeness (QED) is 0.566. The standard InChI is InChI=1S/C11H17NO6/c1-11(2,3)18-10(16)17-9(15)12-5-4-7(6-12)8(13)14/h7H,4-6H2,1-3H3,(H,13,14)/t7-/m1/s1. The lowest BCUT2D eigenvalue weighted by atomic mass is 10.1. The maximum absolute atomic E-state index is 11.5. The summed E-state index contributed by atoms with van der Waals surface area (Å²) in [5.74, 6) is -1.56. The molecule has 1 heterocycles. The molecule has 0 bridgehead atoms. The molecule has 0 saturated carbocycles. The van der Waals surface area contributed by atoms with Crippen LogP contribution in [0, 0.1) is 5.92 Å². The van der Waals surface area contributed by atoms with Gasteiger partial charge in [-0.2, -0.15) is 0 Å². The van der Waals surface area contributed by atoms with Gasteiger partial charge in [-0.15, -0.1) is 0 Å². The molecule has 1 saturated heterocycles. The van der Waals surface area contributed by atoms with Crippen LogP contribution in [0.3, 0.4) is 0 Å². The van der Waals surface area contributed by atoms with Crippen molar-refractivity contribution in [2.45, 2.75) is 32.8 Å². The third-order valence-electron chi connectivity index (χ3n) is 2.36. The number of carboxylic acid groups (broad SMARTS) is 1. The summed E-state index contributed by atoms with van der Waals surface area (Å²) in [6.07, 6.45) is -1.59. The van der Waals surface area contributed by atoms with Gasteiger partial charge in [0, 0.05) is 13.1 Å². The van der Waals surface area contributed by atoms with Crippen LogP contribution in [0.1, 0.15) is 27.2 Å². The smallest absolute Gasteiger partial charge is 0.481 e. The molecule has 18 heavy (non-hydrogen) atoms. The maximum atomic E-state index is 11.5. The van der Waals surface area contributed by atoms with Crippen molar-refractivity contribution in [1.82, 2.24) is 4.90 Å². The molecule has 102 valence electrons. The number of carbonyl (C=O) groups excluding carboxylic acids is 2. The summed E-state index contributed by atoms with van der Waals surface area (Å²) in [5.41, 5.74) is -0.744. The highest BCUT2D eigenvalue weighted by Crippen LogP contribution is 2.17. The normalized spacial score (nSPS) is 19.5. The SMILES string of the molecule is CC(C)(C)OC(=O)OC(=O)N1CC[C@@H](C(=O)O)C1. The minimum absolute atomic E-state index is 0.0525. The first-order chi connectivity index (χ1) is 8.19. The minimum Gasteiger partial charge on any atom is -0.481 e. The van der Waals surface area contributed by atoms with Crippen molar-refractivity contribution < 1.29 is 29.0 Å². The van der Waals surface area contributed by atoms with E-state index in [0.717, 1.165) is 0 Å². The van der Waals surface area contributed by atoms with Gasteiger partial charge in [0.15, 0.2) is 0 Å². The van der Waals surface area contributed by atoms with E-state index >= 15 is 0 Å². The number of rotatable bonds is 1. The van der Waals surface area contributed by atoms with Gasteiger partial charge >= 0.3 is 18.2 Å². The van der Waals surface area contributed by atoms with Gasteiger partial charge in [-0.25, -0.2) is 9.59 Å². The molecule has 0 aromatic rings. The lowest BCUT2D eigenvalue weighted by Crippen LogP contribution is -2.34. The maximum Gasteiger partial charge on any atom is 0.517 e. The van der Waals surface area contributed by atoms with Crippen LogP contribution in [0.15, 0.2) is 0 Å². The monoisotopic (exact) mass is 259 g/mol. The summed E-state index contributed by atoms with van der Waals surface area (Å²) in [7, 11) is 0. The number of carbonyl (C=O) groups is 3. The first-order valence-corrected chi connectivity index (χ1v) is 5.61. The van der Waals surface area contributed by atoms with Crippen LogP contribution in [-0.4, -0.2) is 46.9 Å². The Morgan fingerprint density at radius 2 is 1.89 bits per heavy atom. The van der Waals surface area contributed by atoms with Crippen LogP contribution in [0.2, 0.25) is 0 Å². The van der Waals surface area contributed by atoms with E-state index in [2.05, 4.69) is 4.74 Å². The second kappa shape index (κ2) is 5.24. The second-order valence-corrected chi connectivity index (χ2v) is 5.10. The van der Waals surface area contributed by atoms with Crippen LogP contribution in [0.5, 0.6) is 0 Å². The van der Waals surface area contributed by atoms with Gasteiger partial charge in [-0.1, -0.05) is 0 Å². The van der Waals surface area contributed by atoms with Crippen molar-refractivity contribution in [3.05, 3.63) is 0 Å². The molecule has 0 spiro atoms. The van der Waals surface area contributed by atoms with Crippen LogP contribution >= 0.6 is 0 Å². The Labute approximate surface area is 105 Å². The topological polar surface area (TPSA) is 93.1 Å². The van der Waals surface area contributed by atoms with Crippen molar-refractivity contribution in [3.8, 4) is 0 Å². The number of ether oxygens (including phenoxy) is 2. The fourth-order valence-electron chi connectivity index (χ4n) is 1.53. The zero-order valence-electron chi connectivity index (χ0n) is 10.6. The summed E-state index contributed by atoms with van der Waals surface area (Å²) in [5, 5.41) is 8.78. The summed E-state index contributed by atoms with van der Waals surface area (Å²) >= 11 is 0. The van der Waals surface area contributed by atoms with Crippen LogP contribution in [0.25, 0.3) is 0 Å². The second-order valence-electron chi connectivity index (χ2n) is 5.10. The predicted molar refractivity (Wildman–Crippen MR) is 60.0 cm³/mol. The number of amides is 1.